The van der Waals surface area contributed by atoms with Crippen molar-refractivity contribution >= 4 is 11.7 Å². The third kappa shape index (κ3) is 2.68. The highest BCUT2D eigenvalue weighted by Gasteiger charge is 2.35. The number of aromatic nitrogens is 1. The molecule has 21 heavy (non-hydrogen) atoms. The predicted molar refractivity (Wildman–Crippen MR) is 82.7 cm³/mol. The Balaban J connectivity index is 1.83. The summed E-state index contributed by atoms with van der Waals surface area (Å²) in [4.78, 5) is 9.25. The van der Waals surface area contributed by atoms with E-state index in [9.17, 15) is 0 Å². The van der Waals surface area contributed by atoms with Crippen LogP contribution in [0.5, 0.6) is 0 Å². The number of likely N-dealkylation sites (tertiary alicyclic amines) is 1. The van der Waals surface area contributed by atoms with Gasteiger partial charge < -0.3 is 20.7 Å². The Labute approximate surface area is 125 Å². The van der Waals surface area contributed by atoms with E-state index in [1.165, 1.54) is 19.4 Å². The molecular weight excluding hydrogens is 266 g/mol. The Morgan fingerprint density at radius 1 is 1.43 bits per heavy atom. The van der Waals surface area contributed by atoms with Gasteiger partial charge in [0.2, 0.25) is 0 Å². The molecule has 2 saturated heterocycles. The fourth-order valence-corrected chi connectivity index (χ4v) is 3.75. The van der Waals surface area contributed by atoms with Crippen molar-refractivity contribution < 1.29 is 5.21 Å². The molecule has 2 unspecified atom stereocenters. The van der Waals surface area contributed by atoms with Gasteiger partial charge in [-0.05, 0) is 50.9 Å². The molecule has 6 nitrogen and oxygen atoms in total. The zero-order valence-corrected chi connectivity index (χ0v) is 12.4. The number of rotatable bonds is 2. The van der Waals surface area contributed by atoms with E-state index in [2.05, 4.69) is 27.0 Å². The van der Waals surface area contributed by atoms with E-state index in [0.717, 1.165) is 25.3 Å². The normalized spacial score (nSPS) is 27.5. The van der Waals surface area contributed by atoms with Gasteiger partial charge in [0.25, 0.3) is 0 Å². The smallest absolute Gasteiger partial charge is 0.173 e. The summed E-state index contributed by atoms with van der Waals surface area (Å²) in [6.45, 7) is 3.17. The number of pyridine rings is 1. The van der Waals surface area contributed by atoms with Crippen LogP contribution in [0.15, 0.2) is 23.5 Å². The van der Waals surface area contributed by atoms with Crippen molar-refractivity contribution in [2.75, 3.05) is 31.6 Å². The Morgan fingerprint density at radius 2 is 2.29 bits per heavy atom. The average molecular weight is 289 g/mol. The summed E-state index contributed by atoms with van der Waals surface area (Å²) in [6.07, 6.45) is 5.45. The van der Waals surface area contributed by atoms with Crippen LogP contribution in [0.25, 0.3) is 0 Å². The van der Waals surface area contributed by atoms with E-state index in [4.69, 9.17) is 10.9 Å². The number of nitrogens with zero attached hydrogens (tertiary/aromatic N) is 4. The van der Waals surface area contributed by atoms with Gasteiger partial charge in [-0.25, -0.2) is 4.98 Å². The van der Waals surface area contributed by atoms with Gasteiger partial charge in [-0.2, -0.15) is 0 Å². The molecule has 3 N–H and O–H groups in total. The standard InChI is InChI=1S/C15H23N5O/c1-19-8-3-4-11-10-20(9-6-13(11)19)15-12(14(16)18-21)5-2-7-17-15/h2,5,7,11,13,21H,3-4,6,8-10H2,1H3,(H2,16,18). The van der Waals surface area contributed by atoms with Crippen molar-refractivity contribution in [3.8, 4) is 0 Å². The molecule has 0 aromatic carbocycles. The number of anilines is 1. The van der Waals surface area contributed by atoms with Gasteiger partial charge in [-0.3, -0.25) is 0 Å². The predicted octanol–water partition coefficient (Wildman–Crippen LogP) is 1.10. The molecule has 1 aromatic rings. The summed E-state index contributed by atoms with van der Waals surface area (Å²) in [6, 6.07) is 4.36. The third-order valence-corrected chi connectivity index (χ3v) is 4.82. The SMILES string of the molecule is CN1CCCC2CN(c3ncccc3/C(N)=N/O)CCC21. The van der Waals surface area contributed by atoms with Crippen LogP contribution in [0.4, 0.5) is 5.82 Å². The lowest BCUT2D eigenvalue weighted by molar-refractivity contribution is 0.102. The van der Waals surface area contributed by atoms with Gasteiger partial charge in [-0.1, -0.05) is 5.16 Å². The molecule has 2 fully saturated rings. The van der Waals surface area contributed by atoms with E-state index in [1.54, 1.807) is 6.20 Å². The number of hydrogen-bond acceptors (Lipinski definition) is 5. The maximum absolute atomic E-state index is 8.94. The first-order valence-corrected chi connectivity index (χ1v) is 7.59. The van der Waals surface area contributed by atoms with Gasteiger partial charge in [0.1, 0.15) is 5.82 Å². The van der Waals surface area contributed by atoms with Crippen molar-refractivity contribution in [2.24, 2.45) is 16.8 Å². The highest BCUT2D eigenvalue weighted by Crippen LogP contribution is 2.32. The average Bonchev–Trinajstić information content (AvgIpc) is 2.54. The van der Waals surface area contributed by atoms with Gasteiger partial charge in [0.15, 0.2) is 5.84 Å². The fraction of sp³-hybridized carbons (Fsp3) is 0.600. The van der Waals surface area contributed by atoms with Crippen LogP contribution in [-0.4, -0.2) is 53.7 Å². The second-order valence-electron chi connectivity index (χ2n) is 6.04. The quantitative estimate of drug-likeness (QED) is 0.369. The lowest BCUT2D eigenvalue weighted by Crippen LogP contribution is -2.53. The summed E-state index contributed by atoms with van der Waals surface area (Å²) in [5, 5.41) is 12.1. The van der Waals surface area contributed by atoms with Crippen LogP contribution in [0.1, 0.15) is 24.8 Å². The van der Waals surface area contributed by atoms with Crippen LogP contribution in [0.2, 0.25) is 0 Å². The Bertz CT molecular complexity index is 533. The molecule has 0 spiro atoms. The third-order valence-electron chi connectivity index (χ3n) is 4.82. The molecule has 2 atom stereocenters. The molecule has 1 aromatic heterocycles. The van der Waals surface area contributed by atoms with Crippen molar-refractivity contribution in [3.05, 3.63) is 23.9 Å². The topological polar surface area (TPSA) is 78.0 Å². The molecule has 2 aliphatic heterocycles. The van der Waals surface area contributed by atoms with Crippen LogP contribution in [0.3, 0.4) is 0 Å². The monoisotopic (exact) mass is 289 g/mol. The minimum atomic E-state index is 0.126. The van der Waals surface area contributed by atoms with Crippen molar-refractivity contribution in [2.45, 2.75) is 25.3 Å². The van der Waals surface area contributed by atoms with Crippen LogP contribution < -0.4 is 10.6 Å². The molecule has 6 heteroatoms. The van der Waals surface area contributed by atoms with E-state index in [0.29, 0.717) is 17.5 Å². The maximum atomic E-state index is 8.94. The van der Waals surface area contributed by atoms with E-state index in [-0.39, 0.29) is 5.84 Å². The number of amidine groups is 1. The fourth-order valence-electron chi connectivity index (χ4n) is 3.75. The first kappa shape index (κ1) is 14.1. The summed E-state index contributed by atoms with van der Waals surface area (Å²) >= 11 is 0. The minimum Gasteiger partial charge on any atom is -0.409 e. The molecule has 114 valence electrons. The molecule has 3 heterocycles. The Morgan fingerprint density at radius 3 is 3.10 bits per heavy atom. The number of oxime groups is 1. The highest BCUT2D eigenvalue weighted by atomic mass is 16.4. The molecule has 2 aliphatic rings. The highest BCUT2D eigenvalue weighted by molar-refractivity contribution is 6.01. The second-order valence-corrected chi connectivity index (χ2v) is 6.04. The van der Waals surface area contributed by atoms with Gasteiger partial charge in [0.05, 0.1) is 5.56 Å². The Hall–Kier alpha value is -1.82. The minimum absolute atomic E-state index is 0.126. The molecule has 0 bridgehead atoms. The van der Waals surface area contributed by atoms with Crippen molar-refractivity contribution in [1.29, 1.82) is 0 Å². The zero-order chi connectivity index (χ0) is 14.8. The van der Waals surface area contributed by atoms with Gasteiger partial charge >= 0.3 is 0 Å². The number of nitrogens with two attached hydrogens (primary N) is 1. The molecule has 0 amide bonds. The second kappa shape index (κ2) is 5.89. The van der Waals surface area contributed by atoms with E-state index in [1.807, 2.05) is 12.1 Å². The van der Waals surface area contributed by atoms with E-state index < -0.39 is 0 Å². The first-order valence-electron chi connectivity index (χ1n) is 7.59. The largest absolute Gasteiger partial charge is 0.409 e. The number of piperidine rings is 2. The lowest BCUT2D eigenvalue weighted by atomic mass is 9.84. The molecular formula is C15H23N5O. The van der Waals surface area contributed by atoms with Gasteiger partial charge in [-0.15, -0.1) is 0 Å². The van der Waals surface area contributed by atoms with Crippen LogP contribution >= 0.6 is 0 Å². The van der Waals surface area contributed by atoms with Gasteiger partial charge in [0, 0.05) is 25.3 Å². The van der Waals surface area contributed by atoms with Crippen LogP contribution in [0, 0.1) is 5.92 Å². The Kier molecular flexibility index (Phi) is 3.96. The molecule has 3 rings (SSSR count). The van der Waals surface area contributed by atoms with Crippen LogP contribution in [-0.2, 0) is 0 Å². The zero-order valence-electron chi connectivity index (χ0n) is 12.4. The molecule has 0 aliphatic carbocycles. The maximum Gasteiger partial charge on any atom is 0.173 e. The lowest BCUT2D eigenvalue weighted by Gasteiger charge is -2.46. The number of fused-ring (bicyclic) bond motifs is 1. The molecule has 0 radical (unpaired) electrons. The first-order chi connectivity index (χ1) is 10.2. The number of hydrogen-bond donors (Lipinski definition) is 2. The van der Waals surface area contributed by atoms with E-state index >= 15 is 0 Å². The molecule has 0 saturated carbocycles. The summed E-state index contributed by atoms with van der Waals surface area (Å²) in [5.74, 6) is 1.64. The summed E-state index contributed by atoms with van der Waals surface area (Å²) in [5.41, 5.74) is 6.49. The van der Waals surface area contributed by atoms with Crippen molar-refractivity contribution in [3.63, 3.8) is 0 Å². The summed E-state index contributed by atoms with van der Waals surface area (Å²) < 4.78 is 0. The van der Waals surface area contributed by atoms with Crippen molar-refractivity contribution in [1.82, 2.24) is 9.88 Å². The summed E-state index contributed by atoms with van der Waals surface area (Å²) in [7, 11) is 2.23.